The van der Waals surface area contributed by atoms with E-state index in [1.165, 1.54) is 18.0 Å². The van der Waals surface area contributed by atoms with Gasteiger partial charge >= 0.3 is 0 Å². The van der Waals surface area contributed by atoms with Crippen LogP contribution in [0, 0.1) is 0 Å². The number of nitrogen functional groups attached to an aromatic ring is 1. The van der Waals surface area contributed by atoms with E-state index >= 15 is 0 Å². The molecule has 3 N–H and O–H groups in total. The topological polar surface area (TPSA) is 146 Å². The fourth-order valence-corrected chi connectivity index (χ4v) is 2.47. The number of halogens is 1. The Morgan fingerprint density at radius 1 is 1.50 bits per heavy atom. The number of rotatable bonds is 6. The van der Waals surface area contributed by atoms with Gasteiger partial charge in [0.15, 0.2) is 5.69 Å². The molecule has 11 nitrogen and oxygen atoms in total. The van der Waals surface area contributed by atoms with Gasteiger partial charge in [0.1, 0.15) is 5.69 Å². The summed E-state index contributed by atoms with van der Waals surface area (Å²) in [6.45, 7) is 0.0391. The maximum atomic E-state index is 12.4. The first-order chi connectivity index (χ1) is 12.6. The van der Waals surface area contributed by atoms with Crippen molar-refractivity contribution < 1.29 is 14.2 Å². The van der Waals surface area contributed by atoms with Gasteiger partial charge in [-0.05, 0) is 28.0 Å². The number of ether oxygens (including phenoxy) is 1. The van der Waals surface area contributed by atoms with Crippen molar-refractivity contribution in [3.63, 3.8) is 0 Å². The van der Waals surface area contributed by atoms with Crippen molar-refractivity contribution >= 4 is 33.9 Å². The van der Waals surface area contributed by atoms with Gasteiger partial charge < -0.3 is 10.5 Å². The molecule has 26 heavy (non-hydrogen) atoms. The second-order valence-corrected chi connectivity index (χ2v) is 5.87. The third kappa shape index (κ3) is 3.75. The number of methoxy groups -OCH3 is 1. The molecule has 3 aromatic rings. The summed E-state index contributed by atoms with van der Waals surface area (Å²) in [5, 5.41) is 18.7. The normalized spacial score (nSPS) is 11.2. The summed E-state index contributed by atoms with van der Waals surface area (Å²) in [6.07, 6.45) is 1.50. The third-order valence-electron chi connectivity index (χ3n) is 3.18. The first-order valence-electron chi connectivity index (χ1n) is 7.21. The van der Waals surface area contributed by atoms with Crippen LogP contribution in [-0.2, 0) is 11.3 Å². The number of hydrogen-bond donors (Lipinski definition) is 2. The van der Waals surface area contributed by atoms with Gasteiger partial charge in [0.2, 0.25) is 11.6 Å². The predicted octanol–water partition coefficient (Wildman–Crippen LogP) is 0.905. The van der Waals surface area contributed by atoms with Crippen molar-refractivity contribution in [2.45, 2.75) is 6.61 Å². The summed E-state index contributed by atoms with van der Waals surface area (Å²) in [5.41, 5.74) is 9.19. The molecule has 1 amide bonds. The molecular formula is C14H13BrN8O3. The molecule has 2 heterocycles. The highest BCUT2D eigenvalue weighted by Crippen LogP contribution is 2.16. The second kappa shape index (κ2) is 7.84. The molecule has 0 atom stereocenters. The molecular weight excluding hydrogens is 408 g/mol. The highest BCUT2D eigenvalue weighted by molar-refractivity contribution is 9.10. The average molecular weight is 421 g/mol. The quantitative estimate of drug-likeness (QED) is 0.441. The van der Waals surface area contributed by atoms with E-state index in [0.29, 0.717) is 5.69 Å². The van der Waals surface area contributed by atoms with E-state index in [9.17, 15) is 4.79 Å². The molecule has 0 saturated carbocycles. The Labute approximate surface area is 155 Å². The molecule has 0 aliphatic heterocycles. The Hall–Kier alpha value is -3.12. The van der Waals surface area contributed by atoms with Gasteiger partial charge in [-0.15, -0.1) is 5.10 Å². The van der Waals surface area contributed by atoms with Crippen LogP contribution >= 0.6 is 15.9 Å². The van der Waals surface area contributed by atoms with Gasteiger partial charge in [0.05, 0.1) is 12.8 Å². The summed E-state index contributed by atoms with van der Waals surface area (Å²) >= 11 is 3.36. The van der Waals surface area contributed by atoms with Crippen LogP contribution in [0.1, 0.15) is 21.7 Å². The molecule has 0 bridgehead atoms. The Kier molecular flexibility index (Phi) is 5.34. The first kappa shape index (κ1) is 17.7. The van der Waals surface area contributed by atoms with Crippen LogP contribution in [0.15, 0.2) is 38.5 Å². The van der Waals surface area contributed by atoms with Crippen LogP contribution < -0.4 is 11.2 Å². The number of nitrogens with two attached hydrogens (primary N) is 1. The van der Waals surface area contributed by atoms with E-state index in [0.717, 1.165) is 10.0 Å². The number of anilines is 1. The van der Waals surface area contributed by atoms with Crippen molar-refractivity contribution in [1.82, 2.24) is 30.7 Å². The lowest BCUT2D eigenvalue weighted by molar-refractivity contribution is 0.0944. The lowest BCUT2D eigenvalue weighted by Gasteiger charge is -2.03. The minimum absolute atomic E-state index is 0.00638. The fourth-order valence-electron chi connectivity index (χ4n) is 2.06. The number of benzene rings is 1. The smallest absolute Gasteiger partial charge is 0.293 e. The van der Waals surface area contributed by atoms with Crippen molar-refractivity contribution in [2.24, 2.45) is 5.10 Å². The van der Waals surface area contributed by atoms with E-state index in [1.54, 1.807) is 0 Å². The van der Waals surface area contributed by atoms with Crippen molar-refractivity contribution in [1.29, 1.82) is 0 Å². The van der Waals surface area contributed by atoms with Crippen LogP contribution in [0.3, 0.4) is 0 Å². The monoisotopic (exact) mass is 420 g/mol. The molecule has 134 valence electrons. The SMILES string of the molecule is COCc1c(C(=O)N/N=C/c2cccc(Br)c2)nnn1-c1nonc1N. The van der Waals surface area contributed by atoms with Gasteiger partial charge in [-0.25, -0.2) is 10.1 Å². The highest BCUT2D eigenvalue weighted by Gasteiger charge is 2.23. The molecule has 1 aromatic carbocycles. The maximum absolute atomic E-state index is 12.4. The molecule has 0 radical (unpaired) electrons. The predicted molar refractivity (Wildman–Crippen MR) is 93.5 cm³/mol. The maximum Gasteiger partial charge on any atom is 0.293 e. The minimum Gasteiger partial charge on any atom is -0.378 e. The van der Waals surface area contributed by atoms with E-state index in [1.807, 2.05) is 24.3 Å². The van der Waals surface area contributed by atoms with Crippen molar-refractivity contribution in [2.75, 3.05) is 12.8 Å². The largest absolute Gasteiger partial charge is 0.378 e. The number of hydrazone groups is 1. The Morgan fingerprint density at radius 3 is 3.04 bits per heavy atom. The van der Waals surface area contributed by atoms with Crippen LogP contribution in [0.2, 0.25) is 0 Å². The lowest BCUT2D eigenvalue weighted by atomic mass is 10.2. The van der Waals surface area contributed by atoms with E-state index in [-0.39, 0.29) is 23.9 Å². The van der Waals surface area contributed by atoms with E-state index in [4.69, 9.17) is 10.5 Å². The van der Waals surface area contributed by atoms with Gasteiger partial charge in [-0.1, -0.05) is 33.3 Å². The molecule has 0 saturated heterocycles. The Morgan fingerprint density at radius 2 is 2.35 bits per heavy atom. The zero-order valence-corrected chi connectivity index (χ0v) is 15.0. The molecule has 0 aliphatic rings. The zero-order valence-electron chi connectivity index (χ0n) is 13.5. The van der Waals surface area contributed by atoms with Crippen LogP contribution in [0.4, 0.5) is 5.82 Å². The molecule has 12 heteroatoms. The zero-order chi connectivity index (χ0) is 18.5. The Balaban J connectivity index is 1.81. The van der Waals surface area contributed by atoms with Crippen LogP contribution in [0.25, 0.3) is 5.82 Å². The summed E-state index contributed by atoms with van der Waals surface area (Å²) in [5.74, 6) is -0.447. The Bertz CT molecular complexity index is 951. The number of hydrogen-bond acceptors (Lipinski definition) is 9. The second-order valence-electron chi connectivity index (χ2n) is 4.96. The summed E-state index contributed by atoms with van der Waals surface area (Å²) in [4.78, 5) is 12.4. The van der Waals surface area contributed by atoms with E-state index in [2.05, 4.69) is 51.7 Å². The van der Waals surface area contributed by atoms with Crippen molar-refractivity contribution in [3.05, 3.63) is 45.7 Å². The number of carbonyl (C=O) groups is 1. The molecule has 0 unspecified atom stereocenters. The van der Waals surface area contributed by atoms with Crippen LogP contribution in [0.5, 0.6) is 0 Å². The number of nitrogens with one attached hydrogen (secondary N) is 1. The van der Waals surface area contributed by atoms with Gasteiger partial charge in [-0.2, -0.15) is 9.78 Å². The number of amides is 1. The third-order valence-corrected chi connectivity index (χ3v) is 3.68. The molecule has 2 aromatic heterocycles. The van der Waals surface area contributed by atoms with Gasteiger partial charge in [-0.3, -0.25) is 4.79 Å². The first-order valence-corrected chi connectivity index (χ1v) is 8.00. The van der Waals surface area contributed by atoms with Crippen molar-refractivity contribution in [3.8, 4) is 5.82 Å². The number of nitrogens with zero attached hydrogens (tertiary/aromatic N) is 6. The molecule has 0 fully saturated rings. The van der Waals surface area contributed by atoms with Gasteiger partial charge in [0, 0.05) is 11.6 Å². The summed E-state index contributed by atoms with van der Waals surface area (Å²) in [6, 6.07) is 7.43. The molecule has 3 rings (SSSR count). The average Bonchev–Trinajstić information content (AvgIpc) is 3.21. The summed E-state index contributed by atoms with van der Waals surface area (Å²) in [7, 11) is 1.47. The fraction of sp³-hybridized carbons (Fsp3) is 0.143. The highest BCUT2D eigenvalue weighted by atomic mass is 79.9. The molecule has 0 spiro atoms. The minimum atomic E-state index is -0.565. The van der Waals surface area contributed by atoms with Crippen LogP contribution in [-0.4, -0.2) is 44.5 Å². The lowest BCUT2D eigenvalue weighted by Crippen LogP contribution is -2.20. The number of carbonyl (C=O) groups excluding carboxylic acids is 1. The van der Waals surface area contributed by atoms with E-state index < -0.39 is 5.91 Å². The number of aromatic nitrogens is 5. The summed E-state index contributed by atoms with van der Waals surface area (Å²) < 4.78 is 11.8. The van der Waals surface area contributed by atoms with Gasteiger partial charge in [0.25, 0.3) is 5.91 Å². The standard InChI is InChI=1S/C14H13BrN8O3/c1-25-7-10-11(18-22-23(10)13-12(16)20-26-21-13)14(24)19-17-6-8-3-2-4-9(15)5-8/h2-6H,7H2,1H3,(H2,16,20)(H,19,24)/b17-6+. The molecule has 0 aliphatic carbocycles.